The van der Waals surface area contributed by atoms with Crippen LogP contribution in [0.25, 0.3) is 0 Å². The van der Waals surface area contributed by atoms with Crippen LogP contribution in [-0.4, -0.2) is 13.1 Å². The van der Waals surface area contributed by atoms with Crippen molar-refractivity contribution in [2.24, 2.45) is 11.8 Å². The lowest BCUT2D eigenvalue weighted by molar-refractivity contribution is -0.145. The van der Waals surface area contributed by atoms with Crippen LogP contribution in [0.2, 0.25) is 0 Å². The fraction of sp³-hybridized carbons (Fsp3) is 0.900. The highest BCUT2D eigenvalue weighted by Gasteiger charge is 2.16. The molecule has 72 valence electrons. The first-order valence-corrected chi connectivity index (χ1v) is 4.69. The van der Waals surface area contributed by atoms with Gasteiger partial charge in [-0.1, -0.05) is 27.2 Å². The Balaban J connectivity index is 3.75. The van der Waals surface area contributed by atoms with Gasteiger partial charge in [-0.05, 0) is 18.8 Å². The Morgan fingerprint density at radius 2 is 1.92 bits per heavy atom. The molecule has 0 aromatic carbocycles. The summed E-state index contributed by atoms with van der Waals surface area (Å²) >= 11 is 0. The maximum atomic E-state index is 11.1. The van der Waals surface area contributed by atoms with Crippen molar-refractivity contribution in [3.05, 3.63) is 0 Å². The molecule has 0 heterocycles. The number of carbonyl (C=O) groups is 1. The lowest BCUT2D eigenvalue weighted by atomic mass is 9.96. The third kappa shape index (κ3) is 4.37. The lowest BCUT2D eigenvalue weighted by Gasteiger charge is -2.13. The number of rotatable bonds is 5. The third-order valence-electron chi connectivity index (χ3n) is 2.12. The second-order valence-electron chi connectivity index (χ2n) is 3.60. The first kappa shape index (κ1) is 11.5. The Hall–Kier alpha value is -0.530. The van der Waals surface area contributed by atoms with Crippen molar-refractivity contribution in [1.82, 2.24) is 0 Å². The van der Waals surface area contributed by atoms with Crippen LogP contribution in [0.15, 0.2) is 0 Å². The molecule has 0 radical (unpaired) electrons. The van der Waals surface area contributed by atoms with Crippen molar-refractivity contribution in [1.29, 1.82) is 0 Å². The number of methoxy groups -OCH3 is 1. The van der Waals surface area contributed by atoms with Crippen molar-refractivity contribution in [2.75, 3.05) is 7.11 Å². The number of hydrogen-bond donors (Lipinski definition) is 0. The zero-order chi connectivity index (χ0) is 9.56. The van der Waals surface area contributed by atoms with Gasteiger partial charge in [0.2, 0.25) is 0 Å². The summed E-state index contributed by atoms with van der Waals surface area (Å²) in [5.74, 6) is 0.722. The van der Waals surface area contributed by atoms with Gasteiger partial charge in [0.1, 0.15) is 0 Å². The molecular weight excluding hydrogens is 152 g/mol. The number of hydrogen-bond acceptors (Lipinski definition) is 2. The molecule has 0 saturated carbocycles. The number of esters is 1. The average Bonchev–Trinajstić information content (AvgIpc) is 2.04. The molecule has 1 atom stereocenters. The van der Waals surface area contributed by atoms with Crippen molar-refractivity contribution < 1.29 is 9.53 Å². The van der Waals surface area contributed by atoms with E-state index in [9.17, 15) is 4.79 Å². The molecule has 12 heavy (non-hydrogen) atoms. The van der Waals surface area contributed by atoms with E-state index < -0.39 is 0 Å². The largest absolute Gasteiger partial charge is 0.469 e. The highest BCUT2D eigenvalue weighted by molar-refractivity contribution is 5.72. The van der Waals surface area contributed by atoms with Crippen LogP contribution in [0, 0.1) is 11.8 Å². The minimum absolute atomic E-state index is 0.0573. The standard InChI is InChI=1S/C10H20O2/c1-5-9(10(11)12-4)7-6-8(2)3/h8-9H,5-7H2,1-4H3. The summed E-state index contributed by atoms with van der Waals surface area (Å²) in [7, 11) is 1.46. The van der Waals surface area contributed by atoms with E-state index in [2.05, 4.69) is 13.8 Å². The van der Waals surface area contributed by atoms with Gasteiger partial charge in [0.05, 0.1) is 13.0 Å². The van der Waals surface area contributed by atoms with Crippen LogP contribution < -0.4 is 0 Å². The van der Waals surface area contributed by atoms with Gasteiger partial charge >= 0.3 is 5.97 Å². The van der Waals surface area contributed by atoms with Gasteiger partial charge in [0.25, 0.3) is 0 Å². The Kier molecular flexibility index (Phi) is 5.77. The van der Waals surface area contributed by atoms with E-state index in [0.29, 0.717) is 5.92 Å². The molecule has 0 aliphatic carbocycles. The topological polar surface area (TPSA) is 26.3 Å². The molecule has 2 heteroatoms. The second kappa shape index (κ2) is 6.04. The van der Waals surface area contributed by atoms with Crippen LogP contribution in [0.5, 0.6) is 0 Å². The fourth-order valence-corrected chi connectivity index (χ4v) is 1.19. The maximum Gasteiger partial charge on any atom is 0.308 e. The summed E-state index contributed by atoms with van der Waals surface area (Å²) in [6.45, 7) is 6.37. The van der Waals surface area contributed by atoms with Crippen LogP contribution >= 0.6 is 0 Å². The summed E-state index contributed by atoms with van der Waals surface area (Å²) in [4.78, 5) is 11.1. The zero-order valence-corrected chi connectivity index (χ0v) is 8.59. The normalized spacial score (nSPS) is 13.1. The van der Waals surface area contributed by atoms with Crippen LogP contribution in [0.3, 0.4) is 0 Å². The van der Waals surface area contributed by atoms with Crippen molar-refractivity contribution >= 4 is 5.97 Å². The molecule has 0 aliphatic heterocycles. The molecule has 0 aromatic heterocycles. The average molecular weight is 172 g/mol. The molecule has 0 N–H and O–H groups in total. The fourth-order valence-electron chi connectivity index (χ4n) is 1.19. The first-order chi connectivity index (χ1) is 5.61. The maximum absolute atomic E-state index is 11.1. The van der Waals surface area contributed by atoms with Crippen molar-refractivity contribution in [2.45, 2.75) is 40.0 Å². The molecular formula is C10H20O2. The zero-order valence-electron chi connectivity index (χ0n) is 8.59. The molecule has 1 unspecified atom stereocenters. The summed E-state index contributed by atoms with van der Waals surface area (Å²) in [5.41, 5.74) is 0. The SMILES string of the molecule is CCC(CCC(C)C)C(=O)OC. The van der Waals surface area contributed by atoms with E-state index in [1.54, 1.807) is 0 Å². The molecule has 0 spiro atoms. The van der Waals surface area contributed by atoms with Crippen molar-refractivity contribution in [3.8, 4) is 0 Å². The Bertz CT molecular complexity index is 130. The Morgan fingerprint density at radius 1 is 1.33 bits per heavy atom. The molecule has 0 amide bonds. The van der Waals surface area contributed by atoms with E-state index in [1.807, 2.05) is 6.92 Å². The minimum atomic E-state index is -0.0573. The van der Waals surface area contributed by atoms with E-state index in [4.69, 9.17) is 4.74 Å². The van der Waals surface area contributed by atoms with Gasteiger partial charge in [0.15, 0.2) is 0 Å². The summed E-state index contributed by atoms with van der Waals surface area (Å²) in [6.07, 6.45) is 2.95. The predicted molar refractivity (Wildman–Crippen MR) is 49.9 cm³/mol. The van der Waals surface area contributed by atoms with Gasteiger partial charge < -0.3 is 4.74 Å². The molecule has 2 nitrogen and oxygen atoms in total. The van der Waals surface area contributed by atoms with E-state index in [0.717, 1.165) is 19.3 Å². The molecule has 0 bridgehead atoms. The molecule has 0 saturated heterocycles. The van der Waals surface area contributed by atoms with Crippen LogP contribution in [0.1, 0.15) is 40.0 Å². The number of carbonyl (C=O) groups excluding carboxylic acids is 1. The highest BCUT2D eigenvalue weighted by atomic mass is 16.5. The molecule has 0 aliphatic rings. The Morgan fingerprint density at radius 3 is 2.25 bits per heavy atom. The predicted octanol–water partition coefficient (Wildman–Crippen LogP) is 2.62. The molecule has 0 aromatic rings. The summed E-state index contributed by atoms with van der Waals surface area (Å²) < 4.78 is 4.70. The smallest absolute Gasteiger partial charge is 0.308 e. The minimum Gasteiger partial charge on any atom is -0.469 e. The molecule has 0 rings (SSSR count). The first-order valence-electron chi connectivity index (χ1n) is 4.69. The van der Waals surface area contributed by atoms with E-state index in [1.165, 1.54) is 7.11 Å². The second-order valence-corrected chi connectivity index (χ2v) is 3.60. The van der Waals surface area contributed by atoms with Crippen molar-refractivity contribution in [3.63, 3.8) is 0 Å². The number of ether oxygens (including phenoxy) is 1. The van der Waals surface area contributed by atoms with Crippen LogP contribution in [0.4, 0.5) is 0 Å². The monoisotopic (exact) mass is 172 g/mol. The third-order valence-corrected chi connectivity index (χ3v) is 2.12. The summed E-state index contributed by atoms with van der Waals surface area (Å²) in [5, 5.41) is 0. The van der Waals surface area contributed by atoms with Gasteiger partial charge in [0, 0.05) is 0 Å². The van der Waals surface area contributed by atoms with E-state index >= 15 is 0 Å². The van der Waals surface area contributed by atoms with Gasteiger partial charge in [-0.25, -0.2) is 0 Å². The van der Waals surface area contributed by atoms with Gasteiger partial charge in [-0.15, -0.1) is 0 Å². The Labute approximate surface area is 75.3 Å². The highest BCUT2D eigenvalue weighted by Crippen LogP contribution is 2.16. The van der Waals surface area contributed by atoms with Crippen LogP contribution in [-0.2, 0) is 9.53 Å². The van der Waals surface area contributed by atoms with Gasteiger partial charge in [-0.2, -0.15) is 0 Å². The molecule has 0 fully saturated rings. The quantitative estimate of drug-likeness (QED) is 0.596. The summed E-state index contributed by atoms with van der Waals surface area (Å²) in [6, 6.07) is 0. The van der Waals surface area contributed by atoms with Gasteiger partial charge in [-0.3, -0.25) is 4.79 Å². The van der Waals surface area contributed by atoms with E-state index in [-0.39, 0.29) is 11.9 Å². The lowest BCUT2D eigenvalue weighted by Crippen LogP contribution is -2.15.